The molecule has 0 aliphatic heterocycles. The number of benzene rings is 1. The van der Waals surface area contributed by atoms with E-state index < -0.39 is 0 Å². The Bertz CT molecular complexity index is 325. The predicted molar refractivity (Wildman–Crippen MR) is 84.4 cm³/mol. The van der Waals surface area contributed by atoms with Crippen LogP contribution in [0, 0.1) is 0 Å². The molecule has 0 atom stereocenters. The number of hydrogen-bond acceptors (Lipinski definition) is 4. The van der Waals surface area contributed by atoms with E-state index in [1.165, 1.54) is 0 Å². The molecular formula is C13H24Cl2N2O2. The third kappa shape index (κ3) is 9.85. The van der Waals surface area contributed by atoms with Gasteiger partial charge in [-0.2, -0.15) is 0 Å². The van der Waals surface area contributed by atoms with E-state index in [2.05, 4.69) is 24.3 Å². The van der Waals surface area contributed by atoms with Crippen molar-refractivity contribution in [3.63, 3.8) is 0 Å². The molecule has 1 rings (SSSR count). The van der Waals surface area contributed by atoms with Crippen molar-refractivity contribution >= 4 is 24.8 Å². The van der Waals surface area contributed by atoms with Crippen LogP contribution in [0.15, 0.2) is 24.3 Å². The minimum atomic E-state index is 0. The second-order valence-electron chi connectivity index (χ2n) is 4.08. The van der Waals surface area contributed by atoms with Crippen molar-refractivity contribution in [3.05, 3.63) is 24.3 Å². The number of hydrogen-bond donors (Lipinski definition) is 1. The first-order valence-electron chi connectivity index (χ1n) is 5.84. The molecule has 0 aliphatic carbocycles. The van der Waals surface area contributed by atoms with Gasteiger partial charge in [0, 0.05) is 25.7 Å². The zero-order chi connectivity index (χ0) is 12.5. The fourth-order valence-electron chi connectivity index (χ4n) is 1.36. The number of halogens is 2. The van der Waals surface area contributed by atoms with Crippen molar-refractivity contribution in [2.24, 2.45) is 0 Å². The Morgan fingerprint density at radius 2 is 1.79 bits per heavy atom. The van der Waals surface area contributed by atoms with Crippen LogP contribution in [-0.2, 0) is 0 Å². The zero-order valence-electron chi connectivity index (χ0n) is 11.7. The zero-order valence-corrected chi connectivity index (χ0v) is 13.4. The van der Waals surface area contributed by atoms with Crippen molar-refractivity contribution in [2.45, 2.75) is 0 Å². The lowest BCUT2D eigenvalue weighted by molar-refractivity contribution is 0.306. The highest BCUT2D eigenvalue weighted by Gasteiger charge is 1.96. The van der Waals surface area contributed by atoms with Crippen LogP contribution in [0.4, 0.5) is 0 Å². The molecule has 0 amide bonds. The molecule has 0 aromatic heterocycles. The first-order chi connectivity index (χ1) is 8.22. The Labute approximate surface area is 128 Å². The van der Waals surface area contributed by atoms with Crippen LogP contribution in [0.25, 0.3) is 0 Å². The third-order valence-electron chi connectivity index (χ3n) is 2.32. The average Bonchev–Trinajstić information content (AvgIpc) is 2.33. The lowest BCUT2D eigenvalue weighted by Crippen LogP contribution is -2.29. The molecule has 0 aliphatic rings. The maximum atomic E-state index is 5.60. The molecule has 1 N–H and O–H groups in total. The van der Waals surface area contributed by atoms with E-state index in [0.29, 0.717) is 6.61 Å². The predicted octanol–water partition coefficient (Wildman–Crippen LogP) is 2.07. The summed E-state index contributed by atoms with van der Waals surface area (Å²) >= 11 is 0. The highest BCUT2D eigenvalue weighted by Crippen LogP contribution is 2.18. The molecule has 19 heavy (non-hydrogen) atoms. The lowest BCUT2D eigenvalue weighted by atomic mass is 10.3. The standard InChI is InChI=1S/C13H22N2O2.2ClH/c1-15(2)9-7-14-8-10-17-13-6-4-5-12(11-13)16-3;;/h4-6,11,14H,7-10H2,1-3H3;2*1H. The van der Waals surface area contributed by atoms with E-state index in [1.54, 1.807) is 7.11 Å². The highest BCUT2D eigenvalue weighted by molar-refractivity contribution is 5.85. The number of nitrogens with zero attached hydrogens (tertiary/aromatic N) is 1. The van der Waals surface area contributed by atoms with E-state index in [4.69, 9.17) is 9.47 Å². The van der Waals surface area contributed by atoms with Crippen LogP contribution in [0.5, 0.6) is 11.5 Å². The maximum Gasteiger partial charge on any atom is 0.123 e. The van der Waals surface area contributed by atoms with Crippen molar-refractivity contribution in [1.29, 1.82) is 0 Å². The Hall–Kier alpha value is -0.680. The van der Waals surface area contributed by atoms with Crippen LogP contribution in [0.1, 0.15) is 0 Å². The largest absolute Gasteiger partial charge is 0.497 e. The second kappa shape index (κ2) is 12.4. The molecule has 0 radical (unpaired) electrons. The van der Waals surface area contributed by atoms with E-state index in [-0.39, 0.29) is 24.8 Å². The normalized spacial score (nSPS) is 9.47. The summed E-state index contributed by atoms with van der Waals surface area (Å²) in [6.45, 7) is 3.54. The number of likely N-dealkylation sites (N-methyl/N-ethyl adjacent to an activating group) is 1. The molecule has 1 aromatic carbocycles. The molecule has 1 aromatic rings. The minimum absolute atomic E-state index is 0. The van der Waals surface area contributed by atoms with Gasteiger partial charge in [-0.25, -0.2) is 0 Å². The summed E-state index contributed by atoms with van der Waals surface area (Å²) in [4.78, 5) is 2.15. The molecule has 6 heteroatoms. The van der Waals surface area contributed by atoms with Gasteiger partial charge < -0.3 is 19.7 Å². The fourth-order valence-corrected chi connectivity index (χ4v) is 1.36. The van der Waals surface area contributed by atoms with E-state index >= 15 is 0 Å². The first kappa shape index (κ1) is 20.6. The topological polar surface area (TPSA) is 33.7 Å². The van der Waals surface area contributed by atoms with Crippen LogP contribution in [0.2, 0.25) is 0 Å². The third-order valence-corrected chi connectivity index (χ3v) is 2.32. The average molecular weight is 311 g/mol. The van der Waals surface area contributed by atoms with Gasteiger partial charge in [0.05, 0.1) is 7.11 Å². The lowest BCUT2D eigenvalue weighted by Gasteiger charge is -2.11. The quantitative estimate of drug-likeness (QED) is 0.745. The summed E-state index contributed by atoms with van der Waals surface area (Å²) < 4.78 is 10.7. The molecule has 0 bridgehead atoms. The summed E-state index contributed by atoms with van der Waals surface area (Å²) in [7, 11) is 5.78. The molecule has 0 spiro atoms. The molecule has 0 saturated heterocycles. The number of rotatable bonds is 8. The van der Waals surface area contributed by atoms with Crippen molar-refractivity contribution in [2.75, 3.05) is 47.4 Å². The molecule has 0 unspecified atom stereocenters. The Morgan fingerprint density at radius 1 is 1.11 bits per heavy atom. The Kier molecular flexibility index (Phi) is 13.4. The maximum absolute atomic E-state index is 5.60. The van der Waals surface area contributed by atoms with E-state index in [0.717, 1.165) is 31.1 Å². The summed E-state index contributed by atoms with van der Waals surface area (Å²) in [6, 6.07) is 7.65. The number of methoxy groups -OCH3 is 1. The van der Waals surface area contributed by atoms with Gasteiger partial charge in [0.2, 0.25) is 0 Å². The summed E-state index contributed by atoms with van der Waals surface area (Å²) in [5.41, 5.74) is 0. The van der Waals surface area contributed by atoms with Gasteiger partial charge in [-0.1, -0.05) is 6.07 Å². The summed E-state index contributed by atoms with van der Waals surface area (Å²) in [5.74, 6) is 1.67. The molecule has 0 heterocycles. The van der Waals surface area contributed by atoms with Crippen LogP contribution < -0.4 is 14.8 Å². The first-order valence-corrected chi connectivity index (χ1v) is 5.84. The summed E-state index contributed by atoms with van der Waals surface area (Å²) in [5, 5.41) is 3.32. The molecule has 0 saturated carbocycles. The minimum Gasteiger partial charge on any atom is -0.497 e. The van der Waals surface area contributed by atoms with Crippen LogP contribution in [0.3, 0.4) is 0 Å². The van der Waals surface area contributed by atoms with Gasteiger partial charge >= 0.3 is 0 Å². The van der Waals surface area contributed by atoms with Gasteiger partial charge in [0.1, 0.15) is 18.1 Å². The smallest absolute Gasteiger partial charge is 0.123 e. The van der Waals surface area contributed by atoms with Gasteiger partial charge in [0.25, 0.3) is 0 Å². The van der Waals surface area contributed by atoms with Gasteiger partial charge in [-0.3, -0.25) is 0 Å². The van der Waals surface area contributed by atoms with E-state index in [1.807, 2.05) is 24.3 Å². The number of nitrogens with one attached hydrogen (secondary N) is 1. The van der Waals surface area contributed by atoms with E-state index in [9.17, 15) is 0 Å². The molecule has 4 nitrogen and oxygen atoms in total. The van der Waals surface area contributed by atoms with Gasteiger partial charge in [-0.05, 0) is 26.2 Å². The Balaban J connectivity index is 0. The Morgan fingerprint density at radius 3 is 2.42 bits per heavy atom. The number of ether oxygens (including phenoxy) is 2. The van der Waals surface area contributed by atoms with Gasteiger partial charge in [-0.15, -0.1) is 24.8 Å². The van der Waals surface area contributed by atoms with Crippen molar-refractivity contribution in [3.8, 4) is 11.5 Å². The summed E-state index contributed by atoms with van der Waals surface area (Å²) in [6.07, 6.45) is 0. The fraction of sp³-hybridized carbons (Fsp3) is 0.538. The molecule has 0 fully saturated rings. The molecular weight excluding hydrogens is 287 g/mol. The second-order valence-corrected chi connectivity index (χ2v) is 4.08. The van der Waals surface area contributed by atoms with Gasteiger partial charge in [0.15, 0.2) is 0 Å². The SMILES string of the molecule is COc1cccc(OCCNCCN(C)C)c1.Cl.Cl. The van der Waals surface area contributed by atoms with Crippen molar-refractivity contribution in [1.82, 2.24) is 10.2 Å². The van der Waals surface area contributed by atoms with Crippen LogP contribution >= 0.6 is 24.8 Å². The van der Waals surface area contributed by atoms with Crippen LogP contribution in [-0.4, -0.2) is 52.3 Å². The monoisotopic (exact) mass is 310 g/mol. The highest BCUT2D eigenvalue weighted by atomic mass is 35.5. The molecule has 112 valence electrons. The van der Waals surface area contributed by atoms with Crippen molar-refractivity contribution < 1.29 is 9.47 Å².